The van der Waals surface area contributed by atoms with Crippen LogP contribution < -0.4 is 4.74 Å². The molecule has 1 aromatic rings. The zero-order chi connectivity index (χ0) is 17.7. The van der Waals surface area contributed by atoms with Gasteiger partial charge in [0.1, 0.15) is 5.75 Å². The summed E-state index contributed by atoms with van der Waals surface area (Å²) in [6.07, 6.45) is 1.29. The number of ether oxygens (including phenoxy) is 2. The first-order valence-electron chi connectivity index (χ1n) is 7.95. The molecule has 0 N–H and O–H groups in total. The van der Waals surface area contributed by atoms with Gasteiger partial charge in [0.05, 0.1) is 17.0 Å². The number of hydrogen-bond donors (Lipinski definition) is 0. The fourth-order valence-corrected chi connectivity index (χ4v) is 4.27. The molecular weight excluding hydrogens is 442 g/mol. The maximum atomic E-state index is 12.3. The first kappa shape index (κ1) is 19.2. The van der Waals surface area contributed by atoms with Crippen LogP contribution in [-0.4, -0.2) is 43.1 Å². The van der Waals surface area contributed by atoms with Crippen molar-refractivity contribution in [2.45, 2.75) is 26.7 Å². The van der Waals surface area contributed by atoms with Crippen LogP contribution >= 0.6 is 31.9 Å². The first-order chi connectivity index (χ1) is 11.4. The van der Waals surface area contributed by atoms with E-state index >= 15 is 0 Å². The molecule has 24 heavy (non-hydrogen) atoms. The van der Waals surface area contributed by atoms with Gasteiger partial charge in [-0.1, -0.05) is 15.9 Å². The van der Waals surface area contributed by atoms with E-state index in [2.05, 4.69) is 31.9 Å². The minimum absolute atomic E-state index is 0.00878. The number of carbonyl (C=O) groups excluding carboxylic acids is 2. The number of carbonyl (C=O) groups is 2. The number of amides is 1. The Hall–Kier alpha value is -1.08. The average Bonchev–Trinajstić information content (AvgIpc) is 2.54. The lowest BCUT2D eigenvalue weighted by molar-refractivity contribution is -0.151. The predicted octanol–water partition coefficient (Wildman–Crippen LogP) is 3.70. The summed E-state index contributed by atoms with van der Waals surface area (Å²) in [5, 5.41) is 0. The molecule has 0 unspecified atom stereocenters. The van der Waals surface area contributed by atoms with E-state index in [-0.39, 0.29) is 24.4 Å². The summed E-state index contributed by atoms with van der Waals surface area (Å²) in [7, 11) is 0. The molecule has 1 fully saturated rings. The van der Waals surface area contributed by atoms with Crippen LogP contribution in [0.5, 0.6) is 5.75 Å². The van der Waals surface area contributed by atoms with Gasteiger partial charge in [-0.15, -0.1) is 0 Å². The summed E-state index contributed by atoms with van der Waals surface area (Å²) in [5.74, 6) is 0.354. The molecule has 1 amide bonds. The lowest BCUT2D eigenvalue weighted by Gasteiger charge is -2.30. The number of esters is 1. The van der Waals surface area contributed by atoms with Gasteiger partial charge < -0.3 is 14.4 Å². The third-order valence-corrected chi connectivity index (χ3v) is 5.05. The second-order valence-electron chi connectivity index (χ2n) is 5.73. The Kier molecular flexibility index (Phi) is 7.10. The Morgan fingerprint density at radius 2 is 1.92 bits per heavy atom. The van der Waals surface area contributed by atoms with Crippen LogP contribution in [0.1, 0.15) is 25.3 Å². The van der Waals surface area contributed by atoms with E-state index in [0.717, 1.165) is 14.5 Å². The van der Waals surface area contributed by atoms with Crippen LogP contribution in [-0.2, 0) is 14.3 Å². The van der Waals surface area contributed by atoms with Gasteiger partial charge >= 0.3 is 5.97 Å². The van der Waals surface area contributed by atoms with E-state index in [9.17, 15) is 9.59 Å². The van der Waals surface area contributed by atoms with Crippen molar-refractivity contribution in [2.75, 3.05) is 26.3 Å². The lowest BCUT2D eigenvalue weighted by atomic mass is 9.97. The van der Waals surface area contributed by atoms with Crippen molar-refractivity contribution >= 4 is 43.7 Å². The molecule has 0 radical (unpaired) electrons. The molecule has 1 aliphatic heterocycles. The summed E-state index contributed by atoms with van der Waals surface area (Å²) in [6.45, 7) is 5.24. The number of hydrogen-bond acceptors (Lipinski definition) is 4. The van der Waals surface area contributed by atoms with Crippen LogP contribution in [0, 0.1) is 12.8 Å². The third-order valence-electron chi connectivity index (χ3n) is 4.00. The summed E-state index contributed by atoms with van der Waals surface area (Å²) in [5.41, 5.74) is 0.949. The van der Waals surface area contributed by atoms with Crippen molar-refractivity contribution in [2.24, 2.45) is 5.92 Å². The summed E-state index contributed by atoms with van der Waals surface area (Å²) < 4.78 is 12.5. The normalized spacial score (nSPS) is 15.2. The van der Waals surface area contributed by atoms with Crippen LogP contribution in [0.4, 0.5) is 0 Å². The smallest absolute Gasteiger partial charge is 0.309 e. The van der Waals surface area contributed by atoms with Gasteiger partial charge in [0, 0.05) is 17.6 Å². The summed E-state index contributed by atoms with van der Waals surface area (Å²) in [4.78, 5) is 25.8. The molecule has 1 aromatic carbocycles. The second kappa shape index (κ2) is 8.85. The van der Waals surface area contributed by atoms with Crippen molar-refractivity contribution in [3.05, 3.63) is 26.6 Å². The molecule has 0 spiro atoms. The van der Waals surface area contributed by atoms with E-state index in [1.807, 2.05) is 19.1 Å². The van der Waals surface area contributed by atoms with Gasteiger partial charge in [0.2, 0.25) is 0 Å². The largest absolute Gasteiger partial charge is 0.482 e. The van der Waals surface area contributed by atoms with Crippen molar-refractivity contribution in [3.8, 4) is 5.75 Å². The number of aryl methyl sites for hydroxylation is 1. The van der Waals surface area contributed by atoms with E-state index in [0.29, 0.717) is 38.3 Å². The molecule has 7 heteroatoms. The number of halogens is 2. The van der Waals surface area contributed by atoms with Crippen LogP contribution in [0.3, 0.4) is 0 Å². The van der Waals surface area contributed by atoms with Gasteiger partial charge in [-0.2, -0.15) is 0 Å². The monoisotopic (exact) mass is 461 g/mol. The average molecular weight is 463 g/mol. The Labute approximate surface area is 158 Å². The summed E-state index contributed by atoms with van der Waals surface area (Å²) >= 11 is 6.87. The van der Waals surface area contributed by atoms with Crippen LogP contribution in [0.25, 0.3) is 0 Å². The SMILES string of the molecule is CCOC(=O)C1CCN(C(=O)COc2c(C)cc(Br)cc2Br)CC1. The summed E-state index contributed by atoms with van der Waals surface area (Å²) in [6, 6.07) is 3.83. The van der Waals surface area contributed by atoms with E-state index in [1.165, 1.54) is 0 Å². The molecule has 5 nitrogen and oxygen atoms in total. The maximum Gasteiger partial charge on any atom is 0.309 e. The van der Waals surface area contributed by atoms with E-state index in [4.69, 9.17) is 9.47 Å². The molecule has 0 saturated carbocycles. The zero-order valence-electron chi connectivity index (χ0n) is 13.8. The molecular formula is C17H21Br2NO4. The Morgan fingerprint density at radius 1 is 1.25 bits per heavy atom. The van der Waals surface area contributed by atoms with Crippen molar-refractivity contribution in [1.82, 2.24) is 4.90 Å². The Bertz CT molecular complexity index is 590. The number of rotatable bonds is 5. The number of nitrogens with zero attached hydrogens (tertiary/aromatic N) is 1. The van der Waals surface area contributed by atoms with E-state index in [1.54, 1.807) is 11.8 Å². The molecule has 132 valence electrons. The zero-order valence-corrected chi connectivity index (χ0v) is 17.0. The van der Waals surface area contributed by atoms with Crippen LogP contribution in [0.15, 0.2) is 21.1 Å². The highest BCUT2D eigenvalue weighted by Gasteiger charge is 2.28. The molecule has 1 aliphatic rings. The maximum absolute atomic E-state index is 12.3. The second-order valence-corrected chi connectivity index (χ2v) is 7.50. The molecule has 0 aliphatic carbocycles. The van der Waals surface area contributed by atoms with Gasteiger partial charge in [-0.25, -0.2) is 0 Å². The molecule has 1 saturated heterocycles. The molecule has 0 bridgehead atoms. The van der Waals surface area contributed by atoms with Crippen molar-refractivity contribution < 1.29 is 19.1 Å². The fraction of sp³-hybridized carbons (Fsp3) is 0.529. The molecule has 0 aromatic heterocycles. The topological polar surface area (TPSA) is 55.8 Å². The first-order valence-corrected chi connectivity index (χ1v) is 9.53. The van der Waals surface area contributed by atoms with Gasteiger partial charge in [0.15, 0.2) is 6.61 Å². The van der Waals surface area contributed by atoms with E-state index < -0.39 is 0 Å². The van der Waals surface area contributed by atoms with Gasteiger partial charge in [-0.05, 0) is 60.3 Å². The number of piperidine rings is 1. The highest BCUT2D eigenvalue weighted by atomic mass is 79.9. The minimum Gasteiger partial charge on any atom is -0.482 e. The predicted molar refractivity (Wildman–Crippen MR) is 98.0 cm³/mol. The Morgan fingerprint density at radius 3 is 2.50 bits per heavy atom. The molecule has 0 atom stereocenters. The molecule has 2 rings (SSSR count). The lowest BCUT2D eigenvalue weighted by Crippen LogP contribution is -2.42. The Balaban J connectivity index is 1.85. The highest BCUT2D eigenvalue weighted by molar-refractivity contribution is 9.11. The minimum atomic E-state index is -0.157. The number of benzene rings is 1. The molecule has 1 heterocycles. The quantitative estimate of drug-likeness (QED) is 0.626. The third kappa shape index (κ3) is 4.96. The van der Waals surface area contributed by atoms with Gasteiger partial charge in [-0.3, -0.25) is 9.59 Å². The standard InChI is InChI=1S/C17H21Br2NO4/c1-3-23-17(22)12-4-6-20(7-5-12)15(21)10-24-16-11(2)8-13(18)9-14(16)19/h8-9,12H,3-7,10H2,1-2H3. The fourth-order valence-electron chi connectivity index (χ4n) is 2.72. The number of likely N-dealkylation sites (tertiary alicyclic amines) is 1. The van der Waals surface area contributed by atoms with Crippen molar-refractivity contribution in [3.63, 3.8) is 0 Å². The van der Waals surface area contributed by atoms with Gasteiger partial charge in [0.25, 0.3) is 5.91 Å². The van der Waals surface area contributed by atoms with Crippen LogP contribution in [0.2, 0.25) is 0 Å². The van der Waals surface area contributed by atoms with Crippen molar-refractivity contribution in [1.29, 1.82) is 0 Å². The highest BCUT2D eigenvalue weighted by Crippen LogP contribution is 2.32.